The third-order valence-electron chi connectivity index (χ3n) is 2.69. The Labute approximate surface area is 93.6 Å². The van der Waals surface area contributed by atoms with Crippen molar-refractivity contribution in [1.82, 2.24) is 0 Å². The summed E-state index contributed by atoms with van der Waals surface area (Å²) in [6.07, 6.45) is 0. The Kier molecular flexibility index (Phi) is 3.17. The maximum atomic E-state index is 13.0. The first-order valence-electron chi connectivity index (χ1n) is 5.11. The van der Waals surface area contributed by atoms with Crippen LogP contribution in [0.3, 0.4) is 0 Å². The third-order valence-corrected chi connectivity index (χ3v) is 3.72. The molecule has 2 nitrogen and oxygen atoms in total. The minimum atomic E-state index is -0.163. The lowest BCUT2D eigenvalue weighted by Crippen LogP contribution is -2.41. The first-order chi connectivity index (χ1) is 7.22. The van der Waals surface area contributed by atoms with Crippen LogP contribution in [0, 0.1) is 5.82 Å². The lowest BCUT2D eigenvalue weighted by atomic mass is 10.2. The molecule has 0 saturated heterocycles. The Morgan fingerprint density at radius 3 is 3.13 bits per heavy atom. The van der Waals surface area contributed by atoms with Crippen molar-refractivity contribution >= 4 is 17.4 Å². The molecule has 4 heteroatoms. The van der Waals surface area contributed by atoms with Crippen LogP contribution in [0.15, 0.2) is 23.1 Å². The third kappa shape index (κ3) is 2.11. The van der Waals surface area contributed by atoms with Gasteiger partial charge in [0.25, 0.3) is 0 Å². The summed E-state index contributed by atoms with van der Waals surface area (Å²) in [5, 5.41) is 0. The molecule has 2 rings (SSSR count). The highest BCUT2D eigenvalue weighted by atomic mass is 32.2. The van der Waals surface area contributed by atoms with Gasteiger partial charge in [-0.25, -0.2) is 4.39 Å². The minimum absolute atomic E-state index is 0.163. The highest BCUT2D eigenvalue weighted by Gasteiger charge is 2.21. The summed E-state index contributed by atoms with van der Waals surface area (Å²) in [7, 11) is 0. The Balaban J connectivity index is 2.34. The van der Waals surface area contributed by atoms with Gasteiger partial charge >= 0.3 is 0 Å². The van der Waals surface area contributed by atoms with Crippen molar-refractivity contribution in [3.8, 4) is 0 Å². The van der Waals surface area contributed by atoms with E-state index >= 15 is 0 Å². The Morgan fingerprint density at radius 1 is 1.60 bits per heavy atom. The van der Waals surface area contributed by atoms with E-state index in [1.54, 1.807) is 17.8 Å². The van der Waals surface area contributed by atoms with Crippen LogP contribution in [-0.4, -0.2) is 24.9 Å². The van der Waals surface area contributed by atoms with E-state index in [2.05, 4.69) is 11.8 Å². The van der Waals surface area contributed by atoms with Crippen molar-refractivity contribution in [2.45, 2.75) is 17.9 Å². The van der Waals surface area contributed by atoms with Crippen molar-refractivity contribution < 1.29 is 4.39 Å². The van der Waals surface area contributed by atoms with Crippen molar-refractivity contribution in [2.24, 2.45) is 5.73 Å². The molecule has 2 N–H and O–H groups in total. The smallest absolute Gasteiger partial charge is 0.124 e. The molecule has 0 bridgehead atoms. The monoisotopic (exact) mass is 226 g/mol. The number of nitrogens with two attached hydrogens (primary N) is 1. The topological polar surface area (TPSA) is 29.3 Å². The number of anilines is 1. The van der Waals surface area contributed by atoms with Gasteiger partial charge in [-0.15, -0.1) is 11.8 Å². The Bertz CT molecular complexity index is 356. The summed E-state index contributed by atoms with van der Waals surface area (Å²) >= 11 is 1.71. The fourth-order valence-electron chi connectivity index (χ4n) is 1.80. The van der Waals surface area contributed by atoms with E-state index in [0.717, 1.165) is 22.9 Å². The summed E-state index contributed by atoms with van der Waals surface area (Å²) in [5.74, 6) is 0.837. The molecule has 0 aliphatic carbocycles. The summed E-state index contributed by atoms with van der Waals surface area (Å²) in [4.78, 5) is 3.28. The van der Waals surface area contributed by atoms with Gasteiger partial charge < -0.3 is 10.6 Å². The second kappa shape index (κ2) is 4.41. The predicted molar refractivity (Wildman–Crippen MR) is 63.0 cm³/mol. The van der Waals surface area contributed by atoms with E-state index in [4.69, 9.17) is 5.73 Å². The molecule has 82 valence electrons. The van der Waals surface area contributed by atoms with Gasteiger partial charge in [0, 0.05) is 29.8 Å². The molecule has 1 aromatic carbocycles. The lowest BCUT2D eigenvalue weighted by Gasteiger charge is -2.35. The van der Waals surface area contributed by atoms with E-state index in [-0.39, 0.29) is 5.82 Å². The average Bonchev–Trinajstić information content (AvgIpc) is 2.26. The summed E-state index contributed by atoms with van der Waals surface area (Å²) in [6, 6.07) is 5.29. The molecule has 1 heterocycles. The number of halogens is 1. The maximum Gasteiger partial charge on any atom is 0.124 e. The molecule has 1 aromatic rings. The second-order valence-corrected chi connectivity index (χ2v) is 4.88. The van der Waals surface area contributed by atoms with Crippen molar-refractivity contribution in [2.75, 3.05) is 23.7 Å². The van der Waals surface area contributed by atoms with Gasteiger partial charge in [0.05, 0.1) is 5.69 Å². The number of benzene rings is 1. The predicted octanol–water partition coefficient (Wildman–Crippen LogP) is 2.08. The molecule has 0 fully saturated rings. The molecule has 0 amide bonds. The van der Waals surface area contributed by atoms with Crippen molar-refractivity contribution in [3.63, 3.8) is 0 Å². The maximum absolute atomic E-state index is 13.0. The second-order valence-electron chi connectivity index (χ2n) is 3.74. The van der Waals surface area contributed by atoms with Crippen LogP contribution < -0.4 is 10.6 Å². The summed E-state index contributed by atoms with van der Waals surface area (Å²) < 4.78 is 13.0. The molecule has 1 aliphatic heterocycles. The largest absolute Gasteiger partial charge is 0.366 e. The lowest BCUT2D eigenvalue weighted by molar-refractivity contribution is 0.617. The molecule has 15 heavy (non-hydrogen) atoms. The van der Waals surface area contributed by atoms with Crippen LogP contribution >= 0.6 is 11.8 Å². The van der Waals surface area contributed by atoms with Gasteiger partial charge in [-0.1, -0.05) is 0 Å². The normalized spacial score (nSPS) is 17.4. The van der Waals surface area contributed by atoms with Crippen molar-refractivity contribution in [1.29, 1.82) is 0 Å². The van der Waals surface area contributed by atoms with Crippen molar-refractivity contribution in [3.05, 3.63) is 24.0 Å². The molecular weight excluding hydrogens is 211 g/mol. The van der Waals surface area contributed by atoms with E-state index in [9.17, 15) is 4.39 Å². The molecule has 1 atom stereocenters. The number of hydrogen-bond donors (Lipinski definition) is 1. The first-order valence-corrected chi connectivity index (χ1v) is 6.10. The molecule has 0 radical (unpaired) electrons. The number of rotatable bonds is 2. The molecule has 1 unspecified atom stereocenters. The van der Waals surface area contributed by atoms with E-state index in [0.29, 0.717) is 12.6 Å². The summed E-state index contributed by atoms with van der Waals surface area (Å²) in [5.41, 5.74) is 6.78. The van der Waals surface area contributed by atoms with E-state index in [1.807, 2.05) is 6.07 Å². The van der Waals surface area contributed by atoms with Crippen LogP contribution in [0.5, 0.6) is 0 Å². The molecule has 0 saturated carbocycles. The Morgan fingerprint density at radius 2 is 2.40 bits per heavy atom. The fourth-order valence-corrected chi connectivity index (χ4v) is 2.84. The number of fused-ring (bicyclic) bond motifs is 1. The van der Waals surface area contributed by atoms with E-state index < -0.39 is 0 Å². The molecule has 1 aliphatic rings. The highest BCUT2D eigenvalue weighted by molar-refractivity contribution is 7.99. The molecular formula is C11H15FN2S. The Hall–Kier alpha value is -0.740. The standard InChI is InChI=1S/C11H15FN2S/c1-8(7-13)14-4-5-15-11-6-9(12)2-3-10(11)14/h2-3,6,8H,4-5,7,13H2,1H3. The average molecular weight is 226 g/mol. The van der Waals surface area contributed by atoms with E-state index in [1.165, 1.54) is 6.07 Å². The van der Waals surface area contributed by atoms with Crippen LogP contribution in [0.2, 0.25) is 0 Å². The van der Waals surface area contributed by atoms with Crippen LogP contribution in [-0.2, 0) is 0 Å². The fraction of sp³-hybridized carbons (Fsp3) is 0.455. The van der Waals surface area contributed by atoms with Gasteiger partial charge in [-0.2, -0.15) is 0 Å². The molecule has 0 spiro atoms. The van der Waals surface area contributed by atoms with Gasteiger partial charge in [0.1, 0.15) is 5.82 Å². The van der Waals surface area contributed by atoms with Gasteiger partial charge in [0.2, 0.25) is 0 Å². The van der Waals surface area contributed by atoms with Gasteiger partial charge in [0.15, 0.2) is 0 Å². The van der Waals surface area contributed by atoms with Gasteiger partial charge in [-0.3, -0.25) is 0 Å². The van der Waals surface area contributed by atoms with Crippen LogP contribution in [0.4, 0.5) is 10.1 Å². The number of thioether (sulfide) groups is 1. The summed E-state index contributed by atoms with van der Waals surface area (Å²) in [6.45, 7) is 3.71. The highest BCUT2D eigenvalue weighted by Crippen LogP contribution is 2.35. The quantitative estimate of drug-likeness (QED) is 0.837. The van der Waals surface area contributed by atoms with Crippen LogP contribution in [0.1, 0.15) is 6.92 Å². The first kappa shape index (κ1) is 10.8. The zero-order valence-corrected chi connectivity index (χ0v) is 9.56. The SMILES string of the molecule is CC(CN)N1CCSc2cc(F)ccc21. The number of nitrogens with zero attached hydrogens (tertiary/aromatic N) is 1. The van der Waals surface area contributed by atoms with Crippen LogP contribution in [0.25, 0.3) is 0 Å². The minimum Gasteiger partial charge on any atom is -0.366 e. The zero-order valence-electron chi connectivity index (χ0n) is 8.74. The number of hydrogen-bond acceptors (Lipinski definition) is 3. The van der Waals surface area contributed by atoms with Gasteiger partial charge in [-0.05, 0) is 25.1 Å². The zero-order chi connectivity index (χ0) is 10.8. The molecule has 0 aromatic heterocycles.